The Morgan fingerprint density at radius 1 is 1.12 bits per heavy atom. The fourth-order valence-corrected chi connectivity index (χ4v) is 4.09. The molecule has 2 atom stereocenters. The van der Waals surface area contributed by atoms with E-state index < -0.39 is 0 Å². The summed E-state index contributed by atoms with van der Waals surface area (Å²) in [4.78, 5) is 0. The summed E-state index contributed by atoms with van der Waals surface area (Å²) in [6.07, 6.45) is 10.8. The summed E-state index contributed by atoms with van der Waals surface area (Å²) >= 11 is 0. The van der Waals surface area contributed by atoms with Gasteiger partial charge in [-0.2, -0.15) is 10.5 Å². The zero-order valence-corrected chi connectivity index (χ0v) is 9.29. The summed E-state index contributed by atoms with van der Waals surface area (Å²) < 4.78 is 0. The fourth-order valence-electron chi connectivity index (χ4n) is 4.09. The van der Waals surface area contributed by atoms with Crippen molar-refractivity contribution >= 4 is 0 Å². The van der Waals surface area contributed by atoms with Gasteiger partial charge in [-0.3, -0.25) is 0 Å². The first-order valence-electron chi connectivity index (χ1n) is 5.99. The molecule has 0 unspecified atom stereocenters. The molecule has 0 N–H and O–H groups in total. The van der Waals surface area contributed by atoms with Gasteiger partial charge in [0.2, 0.25) is 0 Å². The average Bonchev–Trinajstić information content (AvgIpc) is 2.79. The Morgan fingerprint density at radius 2 is 1.94 bits per heavy atom. The van der Waals surface area contributed by atoms with E-state index in [1.165, 1.54) is 19.3 Å². The van der Waals surface area contributed by atoms with Crippen LogP contribution in [0.3, 0.4) is 0 Å². The quantitative estimate of drug-likeness (QED) is 0.616. The third kappa shape index (κ3) is 0.908. The molecule has 0 bridgehead atoms. The Labute approximate surface area is 95.9 Å². The molecular weight excluding hydrogens is 196 g/mol. The van der Waals surface area contributed by atoms with E-state index in [1.54, 1.807) is 0 Å². The van der Waals surface area contributed by atoms with Gasteiger partial charge in [-0.1, -0.05) is 25.0 Å². The molecule has 3 aliphatic carbocycles. The second kappa shape index (κ2) is 2.98. The van der Waals surface area contributed by atoms with Gasteiger partial charge in [-0.05, 0) is 31.1 Å². The molecule has 0 heterocycles. The van der Waals surface area contributed by atoms with Crippen LogP contribution in [0.2, 0.25) is 0 Å². The van der Waals surface area contributed by atoms with Gasteiger partial charge in [0.1, 0.15) is 0 Å². The van der Waals surface area contributed by atoms with Crippen molar-refractivity contribution in [1.29, 1.82) is 10.5 Å². The van der Waals surface area contributed by atoms with Gasteiger partial charge in [-0.15, -0.1) is 0 Å². The summed E-state index contributed by atoms with van der Waals surface area (Å²) in [5, 5.41) is 18.4. The maximum Gasteiger partial charge on any atom is 0.0953 e. The van der Waals surface area contributed by atoms with Gasteiger partial charge in [0.25, 0.3) is 0 Å². The van der Waals surface area contributed by atoms with Crippen LogP contribution in [0, 0.1) is 33.5 Å². The van der Waals surface area contributed by atoms with Crippen LogP contribution in [0.4, 0.5) is 0 Å². The lowest BCUT2D eigenvalue weighted by molar-refractivity contribution is 0.0970. The summed E-state index contributed by atoms with van der Waals surface area (Å²) in [5.41, 5.74) is 1.96. The summed E-state index contributed by atoms with van der Waals surface area (Å²) in [6, 6.07) is 4.68. The van der Waals surface area contributed by atoms with Gasteiger partial charge in [0.05, 0.1) is 12.1 Å². The molecule has 80 valence electrons. The molecule has 1 saturated carbocycles. The summed E-state index contributed by atoms with van der Waals surface area (Å²) in [7, 11) is 0. The summed E-state index contributed by atoms with van der Waals surface area (Å²) in [6.45, 7) is 0. The molecule has 2 heteroatoms. The fraction of sp³-hybridized carbons (Fsp3) is 0.571. The van der Waals surface area contributed by atoms with Gasteiger partial charge in [-0.25, -0.2) is 0 Å². The number of hydrogen-bond donors (Lipinski definition) is 0. The predicted octanol–water partition coefficient (Wildman–Crippen LogP) is 3.24. The van der Waals surface area contributed by atoms with Crippen LogP contribution in [0.25, 0.3) is 0 Å². The van der Waals surface area contributed by atoms with Crippen LogP contribution in [-0.4, -0.2) is 0 Å². The van der Waals surface area contributed by atoms with Crippen LogP contribution < -0.4 is 0 Å². The Morgan fingerprint density at radius 3 is 2.69 bits per heavy atom. The molecule has 3 aliphatic rings. The number of hydrogen-bond acceptors (Lipinski definition) is 2. The zero-order chi connectivity index (χ0) is 11.2. The molecule has 0 aromatic heterocycles. The van der Waals surface area contributed by atoms with E-state index in [4.69, 9.17) is 5.26 Å². The largest absolute Gasteiger partial charge is 0.193 e. The van der Waals surface area contributed by atoms with E-state index in [0.29, 0.717) is 0 Å². The molecule has 0 radical (unpaired) electrons. The van der Waals surface area contributed by atoms with Crippen molar-refractivity contribution in [1.82, 2.24) is 0 Å². The highest BCUT2D eigenvalue weighted by molar-refractivity contribution is 5.50. The standard InChI is InChI=1S/C14H14N2/c15-9-11-7-13-4-1-2-5-14(13,8-11)12(10-16)3-6-13/h3,8H,1-2,4-7H2/t13-,14-/m0/s1. The maximum absolute atomic E-state index is 9.27. The first kappa shape index (κ1) is 9.67. The normalized spacial score (nSPS) is 40.1. The molecule has 0 aromatic carbocycles. The van der Waals surface area contributed by atoms with Gasteiger partial charge < -0.3 is 0 Å². The third-order valence-corrected chi connectivity index (χ3v) is 4.81. The van der Waals surface area contributed by atoms with Crippen molar-refractivity contribution in [2.75, 3.05) is 0 Å². The summed E-state index contributed by atoms with van der Waals surface area (Å²) in [5.74, 6) is 0. The number of rotatable bonds is 0. The van der Waals surface area contributed by atoms with E-state index >= 15 is 0 Å². The predicted molar refractivity (Wildman–Crippen MR) is 60.0 cm³/mol. The molecule has 0 spiro atoms. The Balaban J connectivity index is 2.15. The molecule has 0 saturated heterocycles. The molecule has 3 rings (SSSR count). The second-order valence-corrected chi connectivity index (χ2v) is 5.35. The first-order valence-corrected chi connectivity index (χ1v) is 5.99. The highest BCUT2D eigenvalue weighted by atomic mass is 14.6. The Bertz CT molecular complexity index is 486. The number of allylic oxidation sites excluding steroid dienone is 4. The molecule has 0 amide bonds. The lowest BCUT2D eigenvalue weighted by atomic mass is 9.57. The lowest BCUT2D eigenvalue weighted by Gasteiger charge is -2.45. The minimum atomic E-state index is -0.0644. The van der Waals surface area contributed by atoms with E-state index in [9.17, 15) is 5.26 Å². The van der Waals surface area contributed by atoms with E-state index in [2.05, 4.69) is 24.3 Å². The van der Waals surface area contributed by atoms with Gasteiger partial charge in [0.15, 0.2) is 0 Å². The van der Waals surface area contributed by atoms with Crippen LogP contribution in [-0.2, 0) is 0 Å². The lowest BCUT2D eigenvalue weighted by Crippen LogP contribution is -2.37. The topological polar surface area (TPSA) is 47.6 Å². The van der Waals surface area contributed by atoms with Crippen molar-refractivity contribution in [2.24, 2.45) is 10.8 Å². The minimum Gasteiger partial charge on any atom is -0.193 e. The van der Waals surface area contributed by atoms with Crippen LogP contribution in [0.1, 0.15) is 38.5 Å². The van der Waals surface area contributed by atoms with Crippen LogP contribution in [0.15, 0.2) is 23.3 Å². The van der Waals surface area contributed by atoms with Crippen molar-refractivity contribution < 1.29 is 0 Å². The smallest absolute Gasteiger partial charge is 0.0953 e. The van der Waals surface area contributed by atoms with Crippen molar-refractivity contribution in [2.45, 2.75) is 38.5 Å². The molecule has 16 heavy (non-hydrogen) atoms. The zero-order valence-electron chi connectivity index (χ0n) is 9.29. The average molecular weight is 210 g/mol. The molecule has 2 nitrogen and oxygen atoms in total. The van der Waals surface area contributed by atoms with Crippen molar-refractivity contribution in [3.8, 4) is 12.1 Å². The monoisotopic (exact) mass is 210 g/mol. The van der Waals surface area contributed by atoms with E-state index in [-0.39, 0.29) is 10.8 Å². The highest BCUT2D eigenvalue weighted by Gasteiger charge is 2.59. The number of nitrogens with zero attached hydrogens (tertiary/aromatic N) is 2. The highest BCUT2D eigenvalue weighted by Crippen LogP contribution is 2.67. The van der Waals surface area contributed by atoms with Crippen LogP contribution >= 0.6 is 0 Å². The van der Waals surface area contributed by atoms with Crippen LogP contribution in [0.5, 0.6) is 0 Å². The SMILES string of the molecule is N#CC1=C[C@]23CCCC[C@]2(CC=C3C#N)C1. The van der Waals surface area contributed by atoms with E-state index in [1.807, 2.05) is 0 Å². The first-order chi connectivity index (χ1) is 7.76. The Hall–Kier alpha value is -1.54. The van der Waals surface area contributed by atoms with Crippen molar-refractivity contribution in [3.63, 3.8) is 0 Å². The molecule has 0 aliphatic heterocycles. The second-order valence-electron chi connectivity index (χ2n) is 5.35. The minimum absolute atomic E-state index is 0.0644. The van der Waals surface area contributed by atoms with Crippen molar-refractivity contribution in [3.05, 3.63) is 23.3 Å². The van der Waals surface area contributed by atoms with Gasteiger partial charge >= 0.3 is 0 Å². The van der Waals surface area contributed by atoms with Gasteiger partial charge in [0, 0.05) is 16.6 Å². The van der Waals surface area contributed by atoms with E-state index in [0.717, 1.165) is 30.4 Å². The molecular formula is C14H14N2. The number of nitriles is 2. The third-order valence-electron chi connectivity index (χ3n) is 4.81. The molecule has 1 fully saturated rings. The molecule has 0 aromatic rings. The Kier molecular flexibility index (Phi) is 1.80. The maximum atomic E-state index is 9.27.